The number of unbranched alkanes of at least 4 members (excludes halogenated alkanes) is 1. The third kappa shape index (κ3) is 10.9. The summed E-state index contributed by atoms with van der Waals surface area (Å²) in [7, 11) is 0. The first-order valence-electron chi connectivity index (χ1n) is 11.7. The van der Waals surface area contributed by atoms with E-state index in [1.165, 1.54) is 0 Å². The van der Waals surface area contributed by atoms with Crippen LogP contribution in [0.2, 0.25) is 0 Å². The molecule has 0 saturated carbocycles. The molecule has 34 heavy (non-hydrogen) atoms. The Morgan fingerprint density at radius 1 is 0.794 bits per heavy atom. The maximum atomic E-state index is 13.0. The van der Waals surface area contributed by atoms with Crippen LogP contribution in [0.5, 0.6) is 0 Å². The zero-order valence-electron chi connectivity index (χ0n) is 20.5. The standard InChI is InChI=1S/C22H41N5O7/c1-5-12(3)17(24)21(32)25-14(9-7-8-10-23)19(30)26-15(11-16(28)29)20(31)27-18(22(33)34)13(4)6-2/h12-15,17-18H,5-11,23-24H2,1-4H3,(H,25,32)(H,26,30)(H,27,31)(H,28,29)(H,33,34). The van der Waals surface area contributed by atoms with Crippen molar-refractivity contribution < 1.29 is 34.2 Å². The van der Waals surface area contributed by atoms with Crippen molar-refractivity contribution in [3.05, 3.63) is 0 Å². The van der Waals surface area contributed by atoms with Gasteiger partial charge in [-0.25, -0.2) is 4.79 Å². The molecule has 0 fully saturated rings. The van der Waals surface area contributed by atoms with Crippen LogP contribution >= 0.6 is 0 Å². The van der Waals surface area contributed by atoms with E-state index in [0.717, 1.165) is 0 Å². The molecule has 9 N–H and O–H groups in total. The molecule has 12 heteroatoms. The van der Waals surface area contributed by atoms with Gasteiger partial charge in [0.05, 0.1) is 12.5 Å². The maximum Gasteiger partial charge on any atom is 0.326 e. The van der Waals surface area contributed by atoms with Crippen molar-refractivity contribution in [2.24, 2.45) is 23.3 Å². The van der Waals surface area contributed by atoms with Gasteiger partial charge in [-0.05, 0) is 37.6 Å². The van der Waals surface area contributed by atoms with Crippen LogP contribution in [-0.2, 0) is 24.0 Å². The van der Waals surface area contributed by atoms with E-state index in [2.05, 4.69) is 16.0 Å². The van der Waals surface area contributed by atoms with Crippen molar-refractivity contribution in [1.29, 1.82) is 0 Å². The fourth-order valence-electron chi connectivity index (χ4n) is 3.14. The van der Waals surface area contributed by atoms with E-state index in [0.29, 0.717) is 32.2 Å². The molecule has 0 heterocycles. The lowest BCUT2D eigenvalue weighted by atomic mass is 9.98. The van der Waals surface area contributed by atoms with Crippen LogP contribution in [0.1, 0.15) is 66.2 Å². The molecule has 0 aliphatic heterocycles. The molecule has 0 aliphatic carbocycles. The Labute approximate surface area is 200 Å². The summed E-state index contributed by atoms with van der Waals surface area (Å²) in [4.78, 5) is 61.1. The van der Waals surface area contributed by atoms with Crippen molar-refractivity contribution in [3.63, 3.8) is 0 Å². The monoisotopic (exact) mass is 487 g/mol. The molecule has 6 atom stereocenters. The van der Waals surface area contributed by atoms with Crippen LogP contribution < -0.4 is 27.4 Å². The Hall–Kier alpha value is -2.73. The van der Waals surface area contributed by atoms with E-state index < -0.39 is 66.2 Å². The molecule has 0 spiro atoms. The SMILES string of the molecule is CCC(C)C(N)C(=O)NC(CCCCN)C(=O)NC(CC(=O)O)C(=O)NC(C(=O)O)C(C)CC. The Balaban J connectivity index is 5.60. The topological polar surface area (TPSA) is 214 Å². The van der Waals surface area contributed by atoms with Gasteiger partial charge in [-0.3, -0.25) is 19.2 Å². The van der Waals surface area contributed by atoms with Gasteiger partial charge >= 0.3 is 11.9 Å². The third-order valence-corrected chi connectivity index (χ3v) is 5.93. The Bertz CT molecular complexity index is 703. The second-order valence-corrected chi connectivity index (χ2v) is 8.63. The molecule has 3 amide bonds. The van der Waals surface area contributed by atoms with E-state index in [1.807, 2.05) is 6.92 Å². The Morgan fingerprint density at radius 3 is 1.79 bits per heavy atom. The van der Waals surface area contributed by atoms with Gasteiger partial charge in [-0.15, -0.1) is 0 Å². The highest BCUT2D eigenvalue weighted by atomic mass is 16.4. The number of rotatable bonds is 17. The number of carboxylic acid groups (broad SMARTS) is 2. The van der Waals surface area contributed by atoms with Gasteiger partial charge in [-0.2, -0.15) is 0 Å². The molecule has 0 aromatic heterocycles. The average Bonchev–Trinajstić information content (AvgIpc) is 2.78. The predicted octanol–water partition coefficient (Wildman–Crippen LogP) is -0.451. The minimum absolute atomic E-state index is 0.133. The number of amides is 3. The Morgan fingerprint density at radius 2 is 1.32 bits per heavy atom. The first kappa shape index (κ1) is 31.3. The highest BCUT2D eigenvalue weighted by molar-refractivity contribution is 5.95. The molecular formula is C22H41N5O7. The van der Waals surface area contributed by atoms with Crippen molar-refractivity contribution in [3.8, 4) is 0 Å². The van der Waals surface area contributed by atoms with Crippen LogP contribution in [0.25, 0.3) is 0 Å². The number of hydrogen-bond acceptors (Lipinski definition) is 7. The number of aliphatic carboxylic acids is 2. The smallest absolute Gasteiger partial charge is 0.326 e. The number of carboxylic acids is 2. The zero-order chi connectivity index (χ0) is 26.4. The second kappa shape index (κ2) is 16.0. The molecule has 0 bridgehead atoms. The van der Waals surface area contributed by atoms with E-state index in [4.69, 9.17) is 11.5 Å². The normalized spacial score (nSPS) is 16.3. The van der Waals surface area contributed by atoms with Gasteiger partial charge in [0.25, 0.3) is 0 Å². The highest BCUT2D eigenvalue weighted by Crippen LogP contribution is 2.10. The highest BCUT2D eigenvalue weighted by Gasteiger charge is 2.33. The van der Waals surface area contributed by atoms with Crippen LogP contribution in [-0.4, -0.2) is 70.6 Å². The molecule has 0 rings (SSSR count). The summed E-state index contributed by atoms with van der Waals surface area (Å²) in [5.41, 5.74) is 11.5. The van der Waals surface area contributed by atoms with Crippen molar-refractivity contribution >= 4 is 29.7 Å². The number of nitrogens with one attached hydrogen (secondary N) is 3. The van der Waals surface area contributed by atoms with Crippen LogP contribution in [0.4, 0.5) is 0 Å². The third-order valence-electron chi connectivity index (χ3n) is 5.93. The first-order valence-corrected chi connectivity index (χ1v) is 11.7. The lowest BCUT2D eigenvalue weighted by Crippen LogP contribution is -2.58. The van der Waals surface area contributed by atoms with E-state index in [1.54, 1.807) is 20.8 Å². The molecule has 196 valence electrons. The minimum Gasteiger partial charge on any atom is -0.481 e. The van der Waals surface area contributed by atoms with Gasteiger partial charge in [0, 0.05) is 0 Å². The quantitative estimate of drug-likeness (QED) is 0.132. The molecule has 0 aromatic carbocycles. The van der Waals surface area contributed by atoms with Crippen LogP contribution in [0, 0.1) is 11.8 Å². The summed E-state index contributed by atoms with van der Waals surface area (Å²) in [6.45, 7) is 7.44. The fourth-order valence-corrected chi connectivity index (χ4v) is 3.14. The van der Waals surface area contributed by atoms with Crippen molar-refractivity contribution in [1.82, 2.24) is 16.0 Å². The fraction of sp³-hybridized carbons (Fsp3) is 0.773. The molecule has 6 unspecified atom stereocenters. The van der Waals surface area contributed by atoms with Gasteiger partial charge in [-0.1, -0.05) is 40.5 Å². The summed E-state index contributed by atoms with van der Waals surface area (Å²) >= 11 is 0. The minimum atomic E-state index is -1.53. The summed E-state index contributed by atoms with van der Waals surface area (Å²) in [6.07, 6.45) is 1.64. The molecule has 0 radical (unpaired) electrons. The molecule has 0 saturated heterocycles. The van der Waals surface area contributed by atoms with E-state index in [-0.39, 0.29) is 12.3 Å². The van der Waals surface area contributed by atoms with E-state index >= 15 is 0 Å². The molecule has 0 aromatic rings. The van der Waals surface area contributed by atoms with Crippen LogP contribution in [0.3, 0.4) is 0 Å². The number of hydrogen-bond donors (Lipinski definition) is 7. The lowest BCUT2D eigenvalue weighted by molar-refractivity contribution is -0.144. The summed E-state index contributed by atoms with van der Waals surface area (Å²) in [5.74, 6) is -5.43. The number of carbonyl (C=O) groups is 5. The van der Waals surface area contributed by atoms with Gasteiger partial charge in [0.2, 0.25) is 17.7 Å². The van der Waals surface area contributed by atoms with Gasteiger partial charge in [0.15, 0.2) is 0 Å². The second-order valence-electron chi connectivity index (χ2n) is 8.63. The number of nitrogens with two attached hydrogens (primary N) is 2. The molecule has 12 nitrogen and oxygen atoms in total. The van der Waals surface area contributed by atoms with E-state index in [9.17, 15) is 34.2 Å². The average molecular weight is 488 g/mol. The van der Waals surface area contributed by atoms with Crippen molar-refractivity contribution in [2.75, 3.05) is 6.54 Å². The molecular weight excluding hydrogens is 446 g/mol. The first-order chi connectivity index (χ1) is 15.9. The Kier molecular flexibility index (Phi) is 14.7. The lowest BCUT2D eigenvalue weighted by Gasteiger charge is -2.26. The van der Waals surface area contributed by atoms with Gasteiger partial charge < -0.3 is 37.6 Å². The molecule has 0 aliphatic rings. The van der Waals surface area contributed by atoms with Crippen molar-refractivity contribution in [2.45, 2.75) is 90.4 Å². The zero-order valence-corrected chi connectivity index (χ0v) is 20.5. The predicted molar refractivity (Wildman–Crippen MR) is 125 cm³/mol. The largest absolute Gasteiger partial charge is 0.481 e. The summed E-state index contributed by atoms with van der Waals surface area (Å²) in [5, 5.41) is 25.9. The summed E-state index contributed by atoms with van der Waals surface area (Å²) < 4.78 is 0. The summed E-state index contributed by atoms with van der Waals surface area (Å²) in [6, 6.07) is -4.70. The van der Waals surface area contributed by atoms with Crippen LogP contribution in [0.15, 0.2) is 0 Å². The number of carbonyl (C=O) groups excluding carboxylic acids is 3. The maximum absolute atomic E-state index is 13.0. The van der Waals surface area contributed by atoms with Gasteiger partial charge in [0.1, 0.15) is 18.1 Å².